The summed E-state index contributed by atoms with van der Waals surface area (Å²) in [5, 5.41) is 26.8. The van der Waals surface area contributed by atoms with E-state index >= 15 is 0 Å². The van der Waals surface area contributed by atoms with Gasteiger partial charge in [-0.2, -0.15) is 0 Å². The van der Waals surface area contributed by atoms with Crippen LogP contribution >= 0.6 is 0 Å². The number of benzene rings is 1. The molecular weight excluding hydrogens is 262 g/mol. The maximum atomic E-state index is 12.4. The molecule has 1 aromatic carbocycles. The van der Waals surface area contributed by atoms with Crippen molar-refractivity contribution in [1.29, 1.82) is 0 Å². The molecule has 0 heterocycles. The fraction of sp³-hybridized carbons (Fsp3) is 0.429. The number of carboxylic acids is 1. The molecule has 3 N–H and O–H groups in total. The minimum Gasteiger partial charge on any atom is -0.478 e. The Bertz CT molecular complexity index is 453. The summed E-state index contributed by atoms with van der Waals surface area (Å²) in [7, 11) is 0. The van der Waals surface area contributed by atoms with Crippen molar-refractivity contribution in [3.05, 3.63) is 35.4 Å². The zero-order chi connectivity index (χ0) is 15.0. The van der Waals surface area contributed by atoms with E-state index in [1.54, 1.807) is 12.1 Å². The Morgan fingerprint density at radius 3 is 1.90 bits per heavy atom. The van der Waals surface area contributed by atoms with E-state index in [-0.39, 0.29) is 24.3 Å². The molecule has 0 aliphatic heterocycles. The molecule has 1 rings (SSSR count). The molecular formula is C14H19NO5. The van der Waals surface area contributed by atoms with Crippen LogP contribution in [0.5, 0.6) is 0 Å². The molecule has 1 amide bonds. The Balaban J connectivity index is 2.95. The second-order valence-corrected chi connectivity index (χ2v) is 4.30. The Labute approximate surface area is 117 Å². The molecule has 0 aliphatic carbocycles. The zero-order valence-electron chi connectivity index (χ0n) is 11.2. The third-order valence-electron chi connectivity index (χ3n) is 2.85. The van der Waals surface area contributed by atoms with E-state index in [0.29, 0.717) is 25.9 Å². The van der Waals surface area contributed by atoms with Crippen LogP contribution in [0.15, 0.2) is 24.3 Å². The predicted molar refractivity (Wildman–Crippen MR) is 72.7 cm³/mol. The highest BCUT2D eigenvalue weighted by Gasteiger charge is 2.20. The number of rotatable bonds is 8. The standard InChI is InChI=1S/C14H19NO5/c16-9-3-7-15(8-4-10-17)13(18)11-5-1-2-6-12(11)14(19)20/h1-2,5-6,16-17H,3-4,7-10H2,(H,19,20). The van der Waals surface area contributed by atoms with Crippen molar-refractivity contribution >= 4 is 11.9 Å². The van der Waals surface area contributed by atoms with Gasteiger partial charge in [-0.05, 0) is 25.0 Å². The summed E-state index contributed by atoms with van der Waals surface area (Å²) in [6.45, 7) is 0.541. The highest BCUT2D eigenvalue weighted by Crippen LogP contribution is 2.13. The van der Waals surface area contributed by atoms with Crippen LogP contribution in [0.2, 0.25) is 0 Å². The fourth-order valence-corrected chi connectivity index (χ4v) is 1.86. The van der Waals surface area contributed by atoms with Gasteiger partial charge in [-0.1, -0.05) is 12.1 Å². The molecule has 0 aromatic heterocycles. The van der Waals surface area contributed by atoms with Gasteiger partial charge >= 0.3 is 5.97 Å². The van der Waals surface area contributed by atoms with Crippen LogP contribution in [0, 0.1) is 0 Å². The van der Waals surface area contributed by atoms with Gasteiger partial charge < -0.3 is 20.2 Å². The molecule has 0 spiro atoms. The quantitative estimate of drug-likeness (QED) is 0.648. The summed E-state index contributed by atoms with van der Waals surface area (Å²) >= 11 is 0. The van der Waals surface area contributed by atoms with E-state index < -0.39 is 11.9 Å². The maximum Gasteiger partial charge on any atom is 0.336 e. The third kappa shape index (κ3) is 4.32. The number of carbonyl (C=O) groups is 2. The van der Waals surface area contributed by atoms with Gasteiger partial charge in [-0.3, -0.25) is 4.79 Å². The number of nitrogens with zero attached hydrogens (tertiary/aromatic N) is 1. The van der Waals surface area contributed by atoms with E-state index in [1.165, 1.54) is 17.0 Å². The van der Waals surface area contributed by atoms with Crippen LogP contribution in [0.1, 0.15) is 33.6 Å². The first kappa shape index (κ1) is 16.1. The molecule has 0 radical (unpaired) electrons. The van der Waals surface area contributed by atoms with E-state index in [1.807, 2.05) is 0 Å². The van der Waals surface area contributed by atoms with Gasteiger partial charge in [0.15, 0.2) is 0 Å². The van der Waals surface area contributed by atoms with E-state index in [2.05, 4.69) is 0 Å². The van der Waals surface area contributed by atoms with Gasteiger partial charge in [0.2, 0.25) is 0 Å². The molecule has 6 nitrogen and oxygen atoms in total. The van der Waals surface area contributed by atoms with Gasteiger partial charge in [-0.25, -0.2) is 4.79 Å². The number of carbonyl (C=O) groups excluding carboxylic acids is 1. The molecule has 0 unspecified atom stereocenters. The minimum absolute atomic E-state index is 0.0458. The highest BCUT2D eigenvalue weighted by molar-refractivity contribution is 6.04. The number of aliphatic hydroxyl groups excluding tert-OH is 2. The lowest BCUT2D eigenvalue weighted by atomic mass is 10.1. The van der Waals surface area contributed by atoms with Crippen molar-refractivity contribution in [3.8, 4) is 0 Å². The summed E-state index contributed by atoms with van der Waals surface area (Å²) in [6.07, 6.45) is 0.818. The lowest BCUT2D eigenvalue weighted by molar-refractivity contribution is 0.0668. The number of hydrogen-bond donors (Lipinski definition) is 3. The molecule has 0 atom stereocenters. The van der Waals surface area contributed by atoms with Crippen molar-refractivity contribution in [3.63, 3.8) is 0 Å². The number of hydrogen-bond acceptors (Lipinski definition) is 4. The average molecular weight is 281 g/mol. The highest BCUT2D eigenvalue weighted by atomic mass is 16.4. The van der Waals surface area contributed by atoms with Crippen molar-refractivity contribution in [2.24, 2.45) is 0 Å². The van der Waals surface area contributed by atoms with Gasteiger partial charge in [0, 0.05) is 26.3 Å². The van der Waals surface area contributed by atoms with Gasteiger partial charge in [0.25, 0.3) is 5.91 Å². The van der Waals surface area contributed by atoms with E-state index in [9.17, 15) is 9.59 Å². The van der Waals surface area contributed by atoms with Gasteiger partial charge in [0.05, 0.1) is 11.1 Å². The lowest BCUT2D eigenvalue weighted by Crippen LogP contribution is -2.34. The topological polar surface area (TPSA) is 98.1 Å². The second kappa shape index (κ2) is 8.29. The monoisotopic (exact) mass is 281 g/mol. The SMILES string of the molecule is O=C(O)c1ccccc1C(=O)N(CCCO)CCCO. The molecule has 0 fully saturated rings. The number of aromatic carboxylic acids is 1. The predicted octanol–water partition coefficient (Wildman–Crippen LogP) is 0.592. The Morgan fingerprint density at radius 2 is 1.45 bits per heavy atom. The second-order valence-electron chi connectivity index (χ2n) is 4.30. The van der Waals surface area contributed by atoms with Crippen molar-refractivity contribution in [2.75, 3.05) is 26.3 Å². The average Bonchev–Trinajstić information content (AvgIpc) is 2.46. The summed E-state index contributed by atoms with van der Waals surface area (Å²) in [6, 6.07) is 6.02. The maximum absolute atomic E-state index is 12.4. The van der Waals surface area contributed by atoms with Crippen molar-refractivity contribution in [2.45, 2.75) is 12.8 Å². The molecule has 6 heteroatoms. The van der Waals surface area contributed by atoms with Crippen LogP contribution in [-0.4, -0.2) is 58.4 Å². The summed E-state index contributed by atoms with van der Waals surface area (Å²) < 4.78 is 0. The van der Waals surface area contributed by atoms with Crippen LogP contribution in [0.4, 0.5) is 0 Å². The molecule has 0 aliphatic rings. The summed E-state index contributed by atoms with van der Waals surface area (Å²) in [5.74, 6) is -1.55. The molecule has 1 aromatic rings. The number of carboxylic acid groups (broad SMARTS) is 1. The smallest absolute Gasteiger partial charge is 0.336 e. The van der Waals surface area contributed by atoms with Crippen LogP contribution in [0.25, 0.3) is 0 Å². The number of aliphatic hydroxyl groups is 2. The molecule has 0 saturated heterocycles. The van der Waals surface area contributed by atoms with E-state index in [0.717, 1.165) is 0 Å². The van der Waals surface area contributed by atoms with Crippen molar-refractivity contribution < 1.29 is 24.9 Å². The Kier molecular flexibility index (Phi) is 6.69. The molecule has 20 heavy (non-hydrogen) atoms. The third-order valence-corrected chi connectivity index (χ3v) is 2.85. The lowest BCUT2D eigenvalue weighted by Gasteiger charge is -2.22. The molecule has 0 bridgehead atoms. The summed E-state index contributed by atoms with van der Waals surface area (Å²) in [4.78, 5) is 25.0. The normalized spacial score (nSPS) is 10.3. The first-order valence-electron chi connectivity index (χ1n) is 6.45. The fourth-order valence-electron chi connectivity index (χ4n) is 1.86. The molecule has 110 valence electrons. The molecule has 0 saturated carbocycles. The minimum atomic E-state index is -1.15. The van der Waals surface area contributed by atoms with Crippen LogP contribution in [0.3, 0.4) is 0 Å². The first-order chi connectivity index (χ1) is 9.61. The first-order valence-corrected chi connectivity index (χ1v) is 6.45. The largest absolute Gasteiger partial charge is 0.478 e. The van der Waals surface area contributed by atoms with Crippen molar-refractivity contribution in [1.82, 2.24) is 4.90 Å². The van der Waals surface area contributed by atoms with E-state index in [4.69, 9.17) is 15.3 Å². The Hall–Kier alpha value is -1.92. The van der Waals surface area contributed by atoms with Gasteiger partial charge in [0.1, 0.15) is 0 Å². The summed E-state index contributed by atoms with van der Waals surface area (Å²) in [5.41, 5.74) is 0.0753. The zero-order valence-corrected chi connectivity index (χ0v) is 11.2. The Morgan fingerprint density at radius 1 is 0.950 bits per heavy atom. The van der Waals surface area contributed by atoms with Crippen LogP contribution < -0.4 is 0 Å². The van der Waals surface area contributed by atoms with Gasteiger partial charge in [-0.15, -0.1) is 0 Å². The number of amides is 1. The van der Waals surface area contributed by atoms with Crippen LogP contribution in [-0.2, 0) is 0 Å².